The van der Waals surface area contributed by atoms with Crippen LogP contribution in [0.2, 0.25) is 0 Å². The summed E-state index contributed by atoms with van der Waals surface area (Å²) in [5.74, 6) is -2.58. The Morgan fingerprint density at radius 2 is 2.00 bits per heavy atom. The van der Waals surface area contributed by atoms with Crippen molar-refractivity contribution in [3.63, 3.8) is 0 Å². The molecule has 12 heavy (non-hydrogen) atoms. The minimum absolute atomic E-state index is 0.557. The summed E-state index contributed by atoms with van der Waals surface area (Å²) in [4.78, 5) is 21.1. The highest BCUT2D eigenvalue weighted by Crippen LogP contribution is 2.17. The fourth-order valence-corrected chi connectivity index (χ4v) is 1.52. The van der Waals surface area contributed by atoms with Crippen LogP contribution >= 0.6 is 0 Å². The molecule has 0 aromatic rings. The molecule has 1 saturated heterocycles. The second kappa shape index (κ2) is 2.51. The van der Waals surface area contributed by atoms with E-state index in [-0.39, 0.29) is 0 Å². The molecule has 0 aromatic heterocycles. The molecule has 0 aromatic carbocycles. The molecule has 68 valence electrons. The van der Waals surface area contributed by atoms with Crippen LogP contribution in [0, 0.1) is 5.21 Å². The maximum absolute atomic E-state index is 10.6. The molecule has 2 amide bonds. The summed E-state index contributed by atoms with van der Waals surface area (Å²) in [5, 5.41) is 7.93. The van der Waals surface area contributed by atoms with Crippen molar-refractivity contribution in [1.29, 1.82) is 0 Å². The number of carbonyl (C=O) groups excluding carboxylic acids is 2. The van der Waals surface area contributed by atoms with Crippen LogP contribution in [-0.2, 0) is 19.7 Å². The Bertz CT molecular complexity index is 331. The summed E-state index contributed by atoms with van der Waals surface area (Å²) in [7, 11) is -4.63. The van der Waals surface area contributed by atoms with Gasteiger partial charge in [0.15, 0.2) is 5.25 Å². The molecule has 0 bridgehead atoms. The first-order chi connectivity index (χ1) is 5.34. The normalized spacial score (nSPS) is 25.2. The Morgan fingerprint density at radius 3 is 2.17 bits per heavy atom. The van der Waals surface area contributed by atoms with Gasteiger partial charge in [0, 0.05) is 0 Å². The molecule has 7 nitrogen and oxygen atoms in total. The molecule has 1 heterocycles. The van der Waals surface area contributed by atoms with Crippen molar-refractivity contribution in [2.75, 3.05) is 0 Å². The standard InChI is InChI=1S/C4H4NO6S/c6-3-1-2(12(9,10)11)4(7)5(3)8/h2H,1H2,(H,9,10,11)/q-1. The van der Waals surface area contributed by atoms with E-state index in [4.69, 9.17) is 4.55 Å². The molecule has 0 spiro atoms. The molecule has 8 heteroatoms. The van der Waals surface area contributed by atoms with Gasteiger partial charge in [0.2, 0.25) is 11.8 Å². The van der Waals surface area contributed by atoms with Gasteiger partial charge in [-0.1, -0.05) is 0 Å². The van der Waals surface area contributed by atoms with Crippen LogP contribution in [0.4, 0.5) is 0 Å². The van der Waals surface area contributed by atoms with Gasteiger partial charge in [-0.25, -0.2) is 0 Å². The van der Waals surface area contributed by atoms with E-state index >= 15 is 0 Å². The van der Waals surface area contributed by atoms with Gasteiger partial charge in [0.25, 0.3) is 10.1 Å². The van der Waals surface area contributed by atoms with E-state index in [0.717, 1.165) is 0 Å². The number of hydroxylamine groups is 2. The van der Waals surface area contributed by atoms with Crippen LogP contribution in [0.25, 0.3) is 0 Å². The lowest BCUT2D eigenvalue weighted by Crippen LogP contribution is -2.30. The molecule has 1 atom stereocenters. The van der Waals surface area contributed by atoms with Crippen molar-refractivity contribution < 1.29 is 22.6 Å². The first-order valence-electron chi connectivity index (χ1n) is 2.84. The second-order valence-electron chi connectivity index (χ2n) is 2.23. The van der Waals surface area contributed by atoms with Crippen molar-refractivity contribution in [3.05, 3.63) is 5.21 Å². The lowest BCUT2D eigenvalue weighted by Gasteiger charge is -2.18. The van der Waals surface area contributed by atoms with E-state index in [1.165, 1.54) is 0 Å². The Hall–Kier alpha value is -0.990. The van der Waals surface area contributed by atoms with E-state index < -0.39 is 38.7 Å². The van der Waals surface area contributed by atoms with E-state index in [2.05, 4.69) is 0 Å². The molecular weight excluding hydrogens is 190 g/mol. The number of hydrogen-bond donors (Lipinski definition) is 1. The fourth-order valence-electron chi connectivity index (χ4n) is 0.815. The summed E-state index contributed by atoms with van der Waals surface area (Å²) in [6.45, 7) is 0. The van der Waals surface area contributed by atoms with Crippen LogP contribution in [-0.4, -0.2) is 35.1 Å². The first-order valence-corrected chi connectivity index (χ1v) is 4.34. The van der Waals surface area contributed by atoms with Gasteiger partial charge in [-0.2, -0.15) is 8.42 Å². The van der Waals surface area contributed by atoms with Gasteiger partial charge in [0.05, 0.1) is 6.42 Å². The highest BCUT2D eigenvalue weighted by Gasteiger charge is 2.41. The molecule has 1 aliphatic rings. The molecule has 0 radical (unpaired) electrons. The summed E-state index contributed by atoms with van der Waals surface area (Å²) < 4.78 is 29.1. The molecule has 0 saturated carbocycles. The number of carbonyl (C=O) groups is 2. The van der Waals surface area contributed by atoms with Gasteiger partial charge in [0.1, 0.15) is 0 Å². The number of hydrogen-bond acceptors (Lipinski definition) is 5. The van der Waals surface area contributed by atoms with E-state index in [1.807, 2.05) is 0 Å². The van der Waals surface area contributed by atoms with E-state index in [0.29, 0.717) is 0 Å². The maximum atomic E-state index is 10.6. The smallest absolute Gasteiger partial charge is 0.277 e. The maximum Gasteiger partial charge on any atom is 0.277 e. The molecule has 1 N–H and O–H groups in total. The van der Waals surface area contributed by atoms with Crippen molar-refractivity contribution in [3.8, 4) is 0 Å². The Kier molecular flexibility index (Phi) is 1.90. The zero-order chi connectivity index (χ0) is 9.52. The van der Waals surface area contributed by atoms with Gasteiger partial charge in [-0.3, -0.25) is 14.1 Å². The van der Waals surface area contributed by atoms with Gasteiger partial charge in [-0.15, -0.1) is 0 Å². The predicted octanol–water partition coefficient (Wildman–Crippen LogP) is -1.50. The SMILES string of the molecule is O=C1CC(S(=O)(=O)O)C(=O)N1[O-]. The summed E-state index contributed by atoms with van der Waals surface area (Å²) in [6, 6.07) is 0. The third-order valence-corrected chi connectivity index (χ3v) is 2.51. The number of imide groups is 1. The second-order valence-corrected chi connectivity index (χ2v) is 3.83. The van der Waals surface area contributed by atoms with E-state index in [1.54, 1.807) is 0 Å². The average Bonchev–Trinajstić information content (AvgIpc) is 2.15. The quantitative estimate of drug-likeness (QED) is 0.401. The van der Waals surface area contributed by atoms with Crippen molar-refractivity contribution >= 4 is 21.9 Å². The largest absolute Gasteiger partial charge is 0.750 e. The summed E-state index contributed by atoms with van der Waals surface area (Å²) >= 11 is 0. The molecule has 1 aliphatic heterocycles. The van der Waals surface area contributed by atoms with Gasteiger partial charge >= 0.3 is 0 Å². The van der Waals surface area contributed by atoms with Crippen molar-refractivity contribution in [1.82, 2.24) is 5.06 Å². The van der Waals surface area contributed by atoms with Crippen LogP contribution in [0.5, 0.6) is 0 Å². The average molecular weight is 194 g/mol. The third kappa shape index (κ3) is 1.31. The van der Waals surface area contributed by atoms with Gasteiger partial charge < -0.3 is 10.3 Å². The monoisotopic (exact) mass is 194 g/mol. The fraction of sp³-hybridized carbons (Fsp3) is 0.500. The minimum Gasteiger partial charge on any atom is -0.750 e. The van der Waals surface area contributed by atoms with Gasteiger partial charge in [-0.05, 0) is 0 Å². The molecular formula is C4H4NO6S-. The highest BCUT2D eigenvalue weighted by molar-refractivity contribution is 7.87. The van der Waals surface area contributed by atoms with Crippen LogP contribution in [0.3, 0.4) is 0 Å². The highest BCUT2D eigenvalue weighted by atomic mass is 32.2. The van der Waals surface area contributed by atoms with Crippen LogP contribution < -0.4 is 0 Å². The number of rotatable bonds is 1. The molecule has 1 unspecified atom stereocenters. The summed E-state index contributed by atoms with van der Waals surface area (Å²) in [6.07, 6.45) is -0.777. The van der Waals surface area contributed by atoms with E-state index in [9.17, 15) is 23.2 Å². The third-order valence-electron chi connectivity index (χ3n) is 1.42. The zero-order valence-electron chi connectivity index (χ0n) is 5.63. The number of nitrogens with zero attached hydrogens (tertiary/aromatic N) is 1. The lowest BCUT2D eigenvalue weighted by atomic mass is 10.4. The Balaban J connectivity index is 3.01. The lowest BCUT2D eigenvalue weighted by molar-refractivity contribution is -0.135. The Morgan fingerprint density at radius 1 is 1.50 bits per heavy atom. The van der Waals surface area contributed by atoms with Crippen molar-refractivity contribution in [2.45, 2.75) is 11.7 Å². The molecule has 0 aliphatic carbocycles. The first kappa shape index (κ1) is 9.10. The molecule has 1 rings (SSSR count). The zero-order valence-corrected chi connectivity index (χ0v) is 6.44. The molecule has 1 fully saturated rings. The van der Waals surface area contributed by atoms with Crippen LogP contribution in [0.1, 0.15) is 6.42 Å². The van der Waals surface area contributed by atoms with Crippen LogP contribution in [0.15, 0.2) is 0 Å². The topological polar surface area (TPSA) is 115 Å². The Labute approximate surface area is 67.3 Å². The predicted molar refractivity (Wildman–Crippen MR) is 35.2 cm³/mol. The minimum atomic E-state index is -4.63. The summed E-state index contributed by atoms with van der Waals surface area (Å²) in [5.41, 5.74) is 0. The van der Waals surface area contributed by atoms with Crippen molar-refractivity contribution in [2.24, 2.45) is 0 Å². The number of amides is 2.